The SMILES string of the molecule is COc1ccc(CCN(C)C(=O)c2cc3c(s2)CCCC3)cc1OC. The Morgan fingerprint density at radius 2 is 1.88 bits per heavy atom. The van der Waals surface area contributed by atoms with E-state index in [-0.39, 0.29) is 5.91 Å². The molecule has 1 aromatic carbocycles. The van der Waals surface area contributed by atoms with Gasteiger partial charge in [-0.2, -0.15) is 0 Å². The van der Waals surface area contributed by atoms with Crippen molar-refractivity contribution in [1.82, 2.24) is 4.90 Å². The Labute approximate surface area is 153 Å². The monoisotopic (exact) mass is 359 g/mol. The van der Waals surface area contributed by atoms with E-state index in [1.54, 1.807) is 25.6 Å². The van der Waals surface area contributed by atoms with Crippen LogP contribution in [0.3, 0.4) is 0 Å². The Bertz CT molecular complexity index is 730. The van der Waals surface area contributed by atoms with Gasteiger partial charge in [-0.05, 0) is 61.4 Å². The van der Waals surface area contributed by atoms with E-state index >= 15 is 0 Å². The molecule has 2 aromatic rings. The molecule has 1 aliphatic rings. The van der Waals surface area contributed by atoms with Crippen molar-refractivity contribution in [2.24, 2.45) is 0 Å². The van der Waals surface area contributed by atoms with Gasteiger partial charge < -0.3 is 14.4 Å². The zero-order valence-corrected chi connectivity index (χ0v) is 15.9. The number of nitrogens with zero attached hydrogens (tertiary/aromatic N) is 1. The summed E-state index contributed by atoms with van der Waals surface area (Å²) < 4.78 is 10.6. The summed E-state index contributed by atoms with van der Waals surface area (Å²) in [5, 5.41) is 0. The normalized spacial score (nSPS) is 13.2. The molecule has 25 heavy (non-hydrogen) atoms. The first kappa shape index (κ1) is 17.8. The van der Waals surface area contributed by atoms with E-state index in [2.05, 4.69) is 6.07 Å². The van der Waals surface area contributed by atoms with Crippen molar-refractivity contribution in [3.63, 3.8) is 0 Å². The van der Waals surface area contributed by atoms with Crippen LogP contribution in [-0.2, 0) is 19.3 Å². The lowest BCUT2D eigenvalue weighted by Crippen LogP contribution is -2.28. The number of amides is 1. The summed E-state index contributed by atoms with van der Waals surface area (Å²) >= 11 is 1.68. The van der Waals surface area contributed by atoms with Gasteiger partial charge in [-0.1, -0.05) is 6.07 Å². The number of ether oxygens (including phenoxy) is 2. The number of thiophene rings is 1. The highest BCUT2D eigenvalue weighted by Gasteiger charge is 2.19. The van der Waals surface area contributed by atoms with Crippen LogP contribution in [0.4, 0.5) is 0 Å². The Balaban J connectivity index is 1.63. The number of benzene rings is 1. The van der Waals surface area contributed by atoms with E-state index in [1.807, 2.05) is 30.1 Å². The van der Waals surface area contributed by atoms with Crippen LogP contribution in [0.1, 0.15) is 38.5 Å². The number of rotatable bonds is 6. The number of methoxy groups -OCH3 is 2. The minimum absolute atomic E-state index is 0.125. The lowest BCUT2D eigenvalue weighted by molar-refractivity contribution is 0.0801. The van der Waals surface area contributed by atoms with Gasteiger partial charge in [-0.25, -0.2) is 0 Å². The first-order chi connectivity index (χ1) is 12.1. The summed E-state index contributed by atoms with van der Waals surface area (Å²) in [6, 6.07) is 8.00. The Hall–Kier alpha value is -2.01. The third kappa shape index (κ3) is 3.98. The van der Waals surface area contributed by atoms with E-state index in [0.29, 0.717) is 6.54 Å². The quantitative estimate of drug-likeness (QED) is 0.784. The Morgan fingerprint density at radius 3 is 2.60 bits per heavy atom. The molecule has 0 aliphatic heterocycles. The molecule has 1 heterocycles. The van der Waals surface area contributed by atoms with Crippen LogP contribution in [0.25, 0.3) is 0 Å². The largest absolute Gasteiger partial charge is 0.493 e. The second kappa shape index (κ2) is 7.91. The lowest BCUT2D eigenvalue weighted by Gasteiger charge is -2.17. The summed E-state index contributed by atoms with van der Waals surface area (Å²) in [6.07, 6.45) is 5.52. The number of hydrogen-bond acceptors (Lipinski definition) is 4. The number of fused-ring (bicyclic) bond motifs is 1. The smallest absolute Gasteiger partial charge is 0.263 e. The minimum Gasteiger partial charge on any atom is -0.493 e. The molecular weight excluding hydrogens is 334 g/mol. The van der Waals surface area contributed by atoms with Crippen LogP contribution in [-0.4, -0.2) is 38.6 Å². The topological polar surface area (TPSA) is 38.8 Å². The van der Waals surface area contributed by atoms with E-state index in [9.17, 15) is 4.79 Å². The van der Waals surface area contributed by atoms with Crippen LogP contribution < -0.4 is 9.47 Å². The maximum absolute atomic E-state index is 12.7. The fourth-order valence-electron chi connectivity index (χ4n) is 3.22. The van der Waals surface area contributed by atoms with Crippen LogP contribution >= 0.6 is 11.3 Å². The van der Waals surface area contributed by atoms with Crippen molar-refractivity contribution >= 4 is 17.2 Å². The van der Waals surface area contributed by atoms with Gasteiger partial charge in [0.1, 0.15) is 0 Å². The van der Waals surface area contributed by atoms with E-state index in [0.717, 1.165) is 41.2 Å². The highest BCUT2D eigenvalue weighted by Crippen LogP contribution is 2.30. The molecule has 0 unspecified atom stereocenters. The number of carbonyl (C=O) groups excluding carboxylic acids is 1. The third-order valence-corrected chi connectivity index (χ3v) is 5.96. The van der Waals surface area contributed by atoms with Crippen molar-refractivity contribution < 1.29 is 14.3 Å². The number of hydrogen-bond donors (Lipinski definition) is 0. The molecule has 0 atom stereocenters. The van der Waals surface area contributed by atoms with Crippen molar-refractivity contribution in [1.29, 1.82) is 0 Å². The highest BCUT2D eigenvalue weighted by atomic mass is 32.1. The van der Waals surface area contributed by atoms with Gasteiger partial charge in [-0.15, -0.1) is 11.3 Å². The summed E-state index contributed by atoms with van der Waals surface area (Å²) in [5.41, 5.74) is 2.51. The van der Waals surface area contributed by atoms with Gasteiger partial charge in [-0.3, -0.25) is 4.79 Å². The molecule has 0 saturated carbocycles. The standard InChI is InChI=1S/C20H25NO3S/c1-21(11-10-14-8-9-16(23-2)17(12-14)24-3)20(22)19-13-15-6-4-5-7-18(15)25-19/h8-9,12-13H,4-7,10-11H2,1-3H3. The molecular formula is C20H25NO3S. The van der Waals surface area contributed by atoms with E-state index in [4.69, 9.17) is 9.47 Å². The highest BCUT2D eigenvalue weighted by molar-refractivity contribution is 7.14. The predicted molar refractivity (Wildman–Crippen MR) is 101 cm³/mol. The Kier molecular flexibility index (Phi) is 5.63. The molecule has 4 nitrogen and oxygen atoms in total. The molecule has 1 aliphatic carbocycles. The predicted octanol–water partition coefficient (Wildman–Crippen LogP) is 3.96. The summed E-state index contributed by atoms with van der Waals surface area (Å²) in [4.78, 5) is 16.8. The average Bonchev–Trinajstić information content (AvgIpc) is 3.09. The van der Waals surface area contributed by atoms with Crippen LogP contribution in [0.5, 0.6) is 11.5 Å². The van der Waals surface area contributed by atoms with Crippen LogP contribution in [0, 0.1) is 0 Å². The van der Waals surface area contributed by atoms with Gasteiger partial charge in [0.05, 0.1) is 19.1 Å². The minimum atomic E-state index is 0.125. The Morgan fingerprint density at radius 1 is 1.12 bits per heavy atom. The molecule has 134 valence electrons. The van der Waals surface area contributed by atoms with Crippen molar-refractivity contribution in [2.75, 3.05) is 27.8 Å². The lowest BCUT2D eigenvalue weighted by atomic mass is 9.99. The molecule has 0 radical (unpaired) electrons. The maximum Gasteiger partial charge on any atom is 0.263 e. The van der Waals surface area contributed by atoms with Gasteiger partial charge >= 0.3 is 0 Å². The molecule has 3 rings (SSSR count). The molecule has 0 bridgehead atoms. The molecule has 0 N–H and O–H groups in total. The van der Waals surface area contributed by atoms with Crippen LogP contribution in [0.15, 0.2) is 24.3 Å². The number of likely N-dealkylation sites (N-methyl/N-ethyl adjacent to an activating group) is 1. The maximum atomic E-state index is 12.7. The first-order valence-corrected chi connectivity index (χ1v) is 9.52. The fourth-order valence-corrected chi connectivity index (χ4v) is 4.47. The molecule has 1 aromatic heterocycles. The zero-order chi connectivity index (χ0) is 17.8. The second-order valence-corrected chi connectivity index (χ2v) is 7.57. The van der Waals surface area contributed by atoms with Gasteiger partial charge in [0.2, 0.25) is 0 Å². The van der Waals surface area contributed by atoms with Crippen LogP contribution in [0.2, 0.25) is 0 Å². The van der Waals surface area contributed by atoms with Crippen molar-refractivity contribution in [3.05, 3.63) is 45.1 Å². The molecule has 0 fully saturated rings. The van der Waals surface area contributed by atoms with Gasteiger partial charge in [0, 0.05) is 18.5 Å². The summed E-state index contributed by atoms with van der Waals surface area (Å²) in [7, 11) is 5.14. The van der Waals surface area contributed by atoms with Crippen molar-refractivity contribution in [3.8, 4) is 11.5 Å². The molecule has 5 heteroatoms. The van der Waals surface area contributed by atoms with Gasteiger partial charge in [0.15, 0.2) is 11.5 Å². The first-order valence-electron chi connectivity index (χ1n) is 8.70. The number of aryl methyl sites for hydroxylation is 2. The fraction of sp³-hybridized carbons (Fsp3) is 0.450. The summed E-state index contributed by atoms with van der Waals surface area (Å²) in [5.74, 6) is 1.57. The zero-order valence-electron chi connectivity index (χ0n) is 15.1. The number of carbonyl (C=O) groups is 1. The van der Waals surface area contributed by atoms with E-state index in [1.165, 1.54) is 23.3 Å². The molecule has 0 spiro atoms. The van der Waals surface area contributed by atoms with Gasteiger partial charge in [0.25, 0.3) is 5.91 Å². The second-order valence-electron chi connectivity index (χ2n) is 6.43. The average molecular weight is 359 g/mol. The third-order valence-electron chi connectivity index (χ3n) is 4.74. The molecule has 1 amide bonds. The summed E-state index contributed by atoms with van der Waals surface area (Å²) in [6.45, 7) is 0.677. The van der Waals surface area contributed by atoms with Crippen molar-refractivity contribution in [2.45, 2.75) is 32.1 Å². The molecule has 0 saturated heterocycles. The van der Waals surface area contributed by atoms with E-state index < -0.39 is 0 Å².